The van der Waals surface area contributed by atoms with Gasteiger partial charge in [-0.05, 0) is 280 Å². The summed E-state index contributed by atoms with van der Waals surface area (Å²) in [6, 6.07) is 26.6. The highest BCUT2D eigenvalue weighted by Crippen LogP contribution is 2.43. The van der Waals surface area contributed by atoms with Crippen LogP contribution in [0.2, 0.25) is 10.0 Å². The largest absolute Gasteiger partial charge is 0.496 e. The van der Waals surface area contributed by atoms with Crippen LogP contribution in [0, 0.1) is 48.5 Å². The zero-order valence-electron chi connectivity index (χ0n) is 79.7. The summed E-state index contributed by atoms with van der Waals surface area (Å²) in [6.45, 7) is 36.4. The van der Waals surface area contributed by atoms with Crippen LogP contribution in [-0.4, -0.2) is 218 Å². The van der Waals surface area contributed by atoms with Gasteiger partial charge < -0.3 is 39.5 Å². The first-order chi connectivity index (χ1) is 61.4. The summed E-state index contributed by atoms with van der Waals surface area (Å²) in [7, 11) is 15.7. The smallest absolute Gasteiger partial charge is 0.417 e. The molecule has 0 aliphatic carbocycles. The monoisotopic (exact) mass is 1920 g/mol. The van der Waals surface area contributed by atoms with E-state index in [2.05, 4.69) is 107 Å². The van der Waals surface area contributed by atoms with E-state index in [1.165, 1.54) is 48.1 Å². The second-order valence-electron chi connectivity index (χ2n) is 36.6. The number of rotatable bonds is 22. The molecular weight excluding hydrogens is 1790 g/mol. The van der Waals surface area contributed by atoms with Crippen molar-refractivity contribution in [3.63, 3.8) is 0 Å². The molecule has 12 rings (SSSR count). The number of likely N-dealkylation sites (tertiary alicyclic amines) is 3. The number of likely N-dealkylation sites (N-methyl/N-ethyl adjacent to an activating group) is 3. The molecule has 740 valence electrons. The van der Waals surface area contributed by atoms with E-state index in [0.717, 1.165) is 154 Å². The van der Waals surface area contributed by atoms with Gasteiger partial charge in [0.1, 0.15) is 11.5 Å². The predicted molar refractivity (Wildman–Crippen MR) is 492 cm³/mol. The molecule has 0 unspecified atom stereocenters. The SMILES string of the molecule is COc1c(C)cc(C(C)(C)C)cc1CN(C)CCN(C)C.COc1c(C)cc(C(F)(F)F)cc1CN1CCCC1.Cc1cc(CCCCN)c(Cl)c(C(F)(F)F)c1.Cc1cc(CN2CCC2)c(Cl)c(C(F)(F)F)c1.Cc1ccc(CN(C)C2CCN(C)CC2)c(C(F)(F)F)c1.Cc1ccc(CN2CCN(C)CC2)c(C(F)(F)F)c1.Cc1ccc(CN2CCOCC2)c(C(F)(F)F)c1. The van der Waals surface area contributed by atoms with Gasteiger partial charge in [-0.3, -0.25) is 24.5 Å². The molecular formula is C99H136Cl2F18N10O3. The van der Waals surface area contributed by atoms with Crippen molar-refractivity contribution < 1.29 is 93.2 Å². The average molecular weight is 1930 g/mol. The minimum Gasteiger partial charge on any atom is -0.496 e. The Morgan fingerprint density at radius 1 is 0.386 bits per heavy atom. The Bertz CT molecular complexity index is 4690. The van der Waals surface area contributed by atoms with E-state index in [0.29, 0.717) is 151 Å². The minimum absolute atomic E-state index is 0.157. The van der Waals surface area contributed by atoms with Gasteiger partial charge in [-0.1, -0.05) is 132 Å². The molecule has 0 amide bonds. The summed E-state index contributed by atoms with van der Waals surface area (Å²) >= 11 is 11.6. The quantitative estimate of drug-likeness (QED) is 0.0517. The predicted octanol–water partition coefficient (Wildman–Crippen LogP) is 23.9. The average Bonchev–Trinajstić information content (AvgIpc) is 1.29. The van der Waals surface area contributed by atoms with Gasteiger partial charge in [0.05, 0.1) is 70.9 Å². The fourth-order valence-corrected chi connectivity index (χ4v) is 16.6. The summed E-state index contributed by atoms with van der Waals surface area (Å²) in [6.07, 6.45) is -18.5. The van der Waals surface area contributed by atoms with E-state index >= 15 is 0 Å². The third-order valence-electron chi connectivity index (χ3n) is 23.6. The van der Waals surface area contributed by atoms with Crippen LogP contribution in [0.25, 0.3) is 0 Å². The number of unbranched alkanes of at least 4 members (excludes halogenated alkanes) is 1. The Balaban J connectivity index is 0.000000237. The zero-order chi connectivity index (χ0) is 98.8. The van der Waals surface area contributed by atoms with Gasteiger partial charge in [0, 0.05) is 109 Å². The lowest BCUT2D eigenvalue weighted by Crippen LogP contribution is -2.44. The number of aryl methyl sites for hydroxylation is 8. The Kier molecular flexibility index (Phi) is 44.3. The molecule has 5 aliphatic heterocycles. The van der Waals surface area contributed by atoms with Crippen LogP contribution >= 0.6 is 23.2 Å². The molecule has 2 N–H and O–H groups in total. The molecule has 132 heavy (non-hydrogen) atoms. The maximum Gasteiger partial charge on any atom is 0.417 e. The first-order valence-corrected chi connectivity index (χ1v) is 45.4. The Morgan fingerprint density at radius 2 is 0.765 bits per heavy atom. The third kappa shape index (κ3) is 37.5. The number of hydrogen-bond donors (Lipinski definition) is 1. The molecule has 33 heteroatoms. The molecule has 13 nitrogen and oxygen atoms in total. The van der Waals surface area contributed by atoms with E-state index in [-0.39, 0.29) is 15.5 Å². The lowest BCUT2D eigenvalue weighted by atomic mass is 9.85. The van der Waals surface area contributed by atoms with Gasteiger partial charge in [-0.25, -0.2) is 0 Å². The van der Waals surface area contributed by atoms with Crippen LogP contribution in [-0.2, 0) is 92.9 Å². The van der Waals surface area contributed by atoms with Crippen molar-refractivity contribution in [3.05, 3.63) is 230 Å². The number of methoxy groups -OCH3 is 2. The zero-order valence-corrected chi connectivity index (χ0v) is 81.2. The molecule has 7 aromatic carbocycles. The number of benzene rings is 7. The highest BCUT2D eigenvalue weighted by atomic mass is 35.5. The maximum absolute atomic E-state index is 13.1. The summed E-state index contributed by atoms with van der Waals surface area (Å²) < 4.78 is 248. The number of hydrogen-bond acceptors (Lipinski definition) is 13. The van der Waals surface area contributed by atoms with Crippen molar-refractivity contribution in [3.8, 4) is 11.5 Å². The van der Waals surface area contributed by atoms with Gasteiger partial charge in [-0.15, -0.1) is 0 Å². The standard InChI is InChI=1S/C18H32N2O.C16H23F3N2.C14H19F3N2.C14H18F3NO.C13H16F3NO.C12H13ClF3N.C12H15ClF3N/c1-14-11-16(18(2,3)4)12-15(17(14)21-8)13-20(7)10-9-19(5)6;1-12-4-5-13(15(10-12)16(17,18)19)11-21(3)14-6-8-20(2)9-7-14;1-11-3-4-12(13(9-11)14(15,16)17)10-19-7-5-18(2)6-8-19;1-10-7-12(14(15,16)17)8-11(13(10)19-2)9-18-5-3-4-6-18;1-10-2-3-11(12(8-10)13(14,15)16)9-17-4-6-18-7-5-17;1-8-5-9(7-17-3-2-4-17)11(13)10(6-8)12(14,15)16;1-8-6-9(4-2-3-5-17)11(13)10(7-8)12(14,15)16/h11-12H,9-10,13H2,1-8H3;4-5,10,14H,6-9,11H2,1-3H3;3-4,9H,5-8,10H2,1-2H3;7-8H,3-6,9H2,1-2H3;2-3,8H,4-7,9H2,1H3;5-6H,2-4,7H2,1H3;6-7H,2-5,17H2,1H3. The van der Waals surface area contributed by atoms with Crippen molar-refractivity contribution in [1.82, 2.24) is 44.1 Å². The van der Waals surface area contributed by atoms with Gasteiger partial charge in [0.25, 0.3) is 0 Å². The molecule has 5 heterocycles. The summed E-state index contributed by atoms with van der Waals surface area (Å²) in [5.74, 6) is 1.60. The number of halogens is 20. The van der Waals surface area contributed by atoms with Crippen molar-refractivity contribution in [2.45, 2.75) is 208 Å². The van der Waals surface area contributed by atoms with Crippen molar-refractivity contribution >= 4 is 23.2 Å². The van der Waals surface area contributed by atoms with Crippen LogP contribution < -0.4 is 15.2 Å². The van der Waals surface area contributed by atoms with Gasteiger partial charge in [-0.2, -0.15) is 79.0 Å². The molecule has 5 saturated heterocycles. The minimum atomic E-state index is -4.40. The van der Waals surface area contributed by atoms with Crippen molar-refractivity contribution in [1.29, 1.82) is 0 Å². The first kappa shape index (κ1) is 114. The number of piperidine rings is 1. The fraction of sp³-hybridized carbons (Fsp3) is 0.576. The van der Waals surface area contributed by atoms with Gasteiger partial charge in [0.15, 0.2) is 0 Å². The lowest BCUT2D eigenvalue weighted by Gasteiger charge is -2.35. The summed E-state index contributed by atoms with van der Waals surface area (Å²) in [5.41, 5.74) is 12.3. The lowest BCUT2D eigenvalue weighted by molar-refractivity contribution is -0.139. The van der Waals surface area contributed by atoms with Crippen molar-refractivity contribution in [2.24, 2.45) is 5.73 Å². The highest BCUT2D eigenvalue weighted by Gasteiger charge is 2.40. The number of alkyl halides is 18. The molecule has 5 fully saturated rings. The van der Waals surface area contributed by atoms with Gasteiger partial charge in [0.2, 0.25) is 0 Å². The van der Waals surface area contributed by atoms with E-state index in [1.54, 1.807) is 97.2 Å². The van der Waals surface area contributed by atoms with Crippen LogP contribution in [0.1, 0.15) is 183 Å². The summed E-state index contributed by atoms with van der Waals surface area (Å²) in [5, 5.41) is -0.338. The number of nitrogens with zero attached hydrogens (tertiary/aromatic N) is 9. The Labute approximate surface area is 780 Å². The number of morpholine rings is 1. The topological polar surface area (TPSA) is 82.9 Å². The van der Waals surface area contributed by atoms with Crippen molar-refractivity contribution in [2.75, 3.05) is 168 Å². The third-order valence-corrected chi connectivity index (χ3v) is 24.5. The first-order valence-electron chi connectivity index (χ1n) is 44.6. The highest BCUT2D eigenvalue weighted by molar-refractivity contribution is 6.32. The number of nitrogens with two attached hydrogens (primary N) is 1. The fourth-order valence-electron chi connectivity index (χ4n) is 16.0. The molecule has 5 aliphatic rings. The van der Waals surface area contributed by atoms with E-state index in [9.17, 15) is 79.0 Å². The molecule has 0 aromatic heterocycles. The molecule has 0 spiro atoms. The second kappa shape index (κ2) is 51.4. The van der Waals surface area contributed by atoms with E-state index < -0.39 is 70.4 Å². The normalized spacial score (nSPS) is 16.2. The number of piperazine rings is 1. The van der Waals surface area contributed by atoms with Crippen LogP contribution in [0.4, 0.5) is 79.0 Å². The molecule has 0 bridgehead atoms. The van der Waals surface area contributed by atoms with Crippen LogP contribution in [0.5, 0.6) is 11.5 Å². The van der Waals surface area contributed by atoms with Crippen LogP contribution in [0.15, 0.2) is 103 Å². The summed E-state index contributed by atoms with van der Waals surface area (Å²) in [4.78, 5) is 19.4. The molecule has 0 atom stereocenters. The Morgan fingerprint density at radius 3 is 1.19 bits per heavy atom. The van der Waals surface area contributed by atoms with Gasteiger partial charge >= 0.3 is 37.1 Å². The van der Waals surface area contributed by atoms with E-state index in [4.69, 9.17) is 43.1 Å². The second-order valence-corrected chi connectivity index (χ2v) is 37.3. The number of ether oxygens (including phenoxy) is 3. The maximum atomic E-state index is 13.1. The molecule has 7 aromatic rings. The molecule has 0 radical (unpaired) electrons. The molecule has 0 saturated carbocycles. The van der Waals surface area contributed by atoms with Crippen LogP contribution in [0.3, 0.4) is 0 Å². The Hall–Kier alpha value is -6.98. The van der Waals surface area contributed by atoms with E-state index in [1.807, 2.05) is 19.0 Å².